The molecule has 1 heterocycles. The third kappa shape index (κ3) is 4.95. The van der Waals surface area contributed by atoms with Crippen molar-refractivity contribution < 1.29 is 29.0 Å². The third-order valence-corrected chi connectivity index (χ3v) is 4.24. The highest BCUT2D eigenvalue weighted by atomic mass is 16.5. The Balaban J connectivity index is 1.97. The van der Waals surface area contributed by atoms with E-state index in [0.717, 1.165) is 5.56 Å². The Morgan fingerprint density at radius 3 is 2.62 bits per heavy atom. The molecule has 1 aromatic carbocycles. The molecule has 142 valence electrons. The molecule has 2 N–H and O–H groups in total. The Labute approximate surface area is 152 Å². The van der Waals surface area contributed by atoms with E-state index in [0.29, 0.717) is 19.4 Å². The molecule has 1 aliphatic heterocycles. The van der Waals surface area contributed by atoms with Crippen LogP contribution >= 0.6 is 0 Å². The van der Waals surface area contributed by atoms with Gasteiger partial charge in [0.15, 0.2) is 0 Å². The highest BCUT2D eigenvalue weighted by Gasteiger charge is 2.39. The minimum Gasteiger partial charge on any atom is -0.467 e. The largest absolute Gasteiger partial charge is 0.467 e. The number of hydrogen-bond donors (Lipinski definition) is 2. The summed E-state index contributed by atoms with van der Waals surface area (Å²) in [7, 11) is 1.26. The topological polar surface area (TPSA) is 105 Å². The number of ether oxygens (including phenoxy) is 2. The van der Waals surface area contributed by atoms with Gasteiger partial charge in [0.1, 0.15) is 18.7 Å². The second-order valence-corrected chi connectivity index (χ2v) is 6.14. The molecule has 3 atom stereocenters. The van der Waals surface area contributed by atoms with Crippen molar-refractivity contribution in [3.05, 3.63) is 35.9 Å². The van der Waals surface area contributed by atoms with Crippen LogP contribution in [0.1, 0.15) is 25.3 Å². The number of aliphatic hydroxyl groups excluding tert-OH is 1. The SMILES string of the molecule is COC(=O)[C@@H]1CCCN1C(=O)[C@H](NC(=O)OCc1ccccc1)[C@@H](C)O. The highest BCUT2D eigenvalue weighted by Crippen LogP contribution is 2.20. The van der Waals surface area contributed by atoms with Crippen molar-refractivity contribution in [3.63, 3.8) is 0 Å². The van der Waals surface area contributed by atoms with E-state index < -0.39 is 36.2 Å². The lowest BCUT2D eigenvalue weighted by molar-refractivity contribution is -0.152. The second-order valence-electron chi connectivity index (χ2n) is 6.14. The number of benzene rings is 1. The number of alkyl carbamates (subject to hydrolysis) is 1. The van der Waals surface area contributed by atoms with Gasteiger partial charge in [0.25, 0.3) is 0 Å². The summed E-state index contributed by atoms with van der Waals surface area (Å²) < 4.78 is 9.81. The van der Waals surface area contributed by atoms with Gasteiger partial charge in [0.05, 0.1) is 13.2 Å². The standard InChI is InChI=1S/C18H24N2O6/c1-12(21)15(16(22)20-10-6-9-14(20)17(23)25-2)19-18(24)26-11-13-7-4-3-5-8-13/h3-5,7-8,12,14-15,21H,6,9-11H2,1-2H3,(H,19,24)/t12-,14+,15-/m1/s1. The van der Waals surface area contributed by atoms with Gasteiger partial charge in [-0.25, -0.2) is 9.59 Å². The van der Waals surface area contributed by atoms with Crippen molar-refractivity contribution >= 4 is 18.0 Å². The predicted molar refractivity (Wildman–Crippen MR) is 92.0 cm³/mol. The maximum absolute atomic E-state index is 12.7. The molecule has 1 saturated heterocycles. The maximum Gasteiger partial charge on any atom is 0.408 e. The molecule has 1 aliphatic rings. The van der Waals surface area contributed by atoms with Gasteiger partial charge in [-0.2, -0.15) is 0 Å². The number of methoxy groups -OCH3 is 1. The van der Waals surface area contributed by atoms with Crippen molar-refractivity contribution in [1.29, 1.82) is 0 Å². The molecule has 0 radical (unpaired) electrons. The molecule has 1 aromatic rings. The molecular formula is C18H24N2O6. The zero-order valence-corrected chi connectivity index (χ0v) is 14.9. The smallest absolute Gasteiger partial charge is 0.408 e. The monoisotopic (exact) mass is 364 g/mol. The summed E-state index contributed by atoms with van der Waals surface area (Å²) in [4.78, 5) is 37.9. The van der Waals surface area contributed by atoms with Crippen LogP contribution in [0.2, 0.25) is 0 Å². The molecule has 1 fully saturated rings. The first kappa shape index (κ1) is 19.7. The Morgan fingerprint density at radius 1 is 1.31 bits per heavy atom. The van der Waals surface area contributed by atoms with E-state index in [1.54, 1.807) is 12.1 Å². The molecule has 2 rings (SSSR count). The summed E-state index contributed by atoms with van der Waals surface area (Å²) in [5.74, 6) is -1.04. The van der Waals surface area contributed by atoms with Crippen molar-refractivity contribution in [3.8, 4) is 0 Å². The van der Waals surface area contributed by atoms with Crippen LogP contribution in [0.25, 0.3) is 0 Å². The first-order valence-corrected chi connectivity index (χ1v) is 8.47. The molecule has 0 aliphatic carbocycles. The van der Waals surface area contributed by atoms with Gasteiger partial charge in [-0.05, 0) is 25.3 Å². The summed E-state index contributed by atoms with van der Waals surface area (Å²) in [6.45, 7) is 1.80. The fraction of sp³-hybridized carbons (Fsp3) is 0.500. The van der Waals surface area contributed by atoms with Crippen molar-refractivity contribution in [2.75, 3.05) is 13.7 Å². The van der Waals surface area contributed by atoms with Crippen molar-refractivity contribution in [1.82, 2.24) is 10.2 Å². The van der Waals surface area contributed by atoms with E-state index in [1.165, 1.54) is 18.9 Å². The summed E-state index contributed by atoms with van der Waals surface area (Å²) in [6.07, 6.45) is -0.826. The van der Waals surface area contributed by atoms with Crippen molar-refractivity contribution in [2.45, 2.75) is 44.6 Å². The van der Waals surface area contributed by atoms with E-state index in [1.807, 2.05) is 18.2 Å². The lowest BCUT2D eigenvalue weighted by Crippen LogP contribution is -2.56. The van der Waals surface area contributed by atoms with Crippen molar-refractivity contribution in [2.24, 2.45) is 0 Å². The molecule has 0 bridgehead atoms. The van der Waals surface area contributed by atoms with Crippen LogP contribution in [-0.4, -0.2) is 59.8 Å². The van der Waals surface area contributed by atoms with Crippen LogP contribution in [0, 0.1) is 0 Å². The number of likely N-dealkylation sites (tertiary alicyclic amines) is 1. The quantitative estimate of drug-likeness (QED) is 0.725. The molecule has 0 spiro atoms. The third-order valence-electron chi connectivity index (χ3n) is 4.24. The predicted octanol–water partition coefficient (Wildman–Crippen LogP) is 0.826. The van der Waals surface area contributed by atoms with Gasteiger partial charge in [0.2, 0.25) is 5.91 Å². The normalized spacial score (nSPS) is 18.7. The average Bonchev–Trinajstić information content (AvgIpc) is 3.13. The number of carbonyl (C=O) groups is 3. The van der Waals surface area contributed by atoms with Crippen LogP contribution in [0.4, 0.5) is 4.79 Å². The first-order chi connectivity index (χ1) is 12.4. The van der Waals surface area contributed by atoms with E-state index in [4.69, 9.17) is 9.47 Å². The number of amides is 2. The molecular weight excluding hydrogens is 340 g/mol. The number of esters is 1. The van der Waals surface area contributed by atoms with Crippen LogP contribution in [0.5, 0.6) is 0 Å². The zero-order chi connectivity index (χ0) is 19.1. The molecule has 8 nitrogen and oxygen atoms in total. The minimum atomic E-state index is -1.21. The van der Waals surface area contributed by atoms with E-state index >= 15 is 0 Å². The minimum absolute atomic E-state index is 0.0435. The maximum atomic E-state index is 12.7. The number of carbonyl (C=O) groups excluding carboxylic acids is 3. The molecule has 0 unspecified atom stereocenters. The highest BCUT2D eigenvalue weighted by molar-refractivity contribution is 5.90. The Morgan fingerprint density at radius 2 is 2.00 bits per heavy atom. The lowest BCUT2D eigenvalue weighted by Gasteiger charge is -2.29. The summed E-state index contributed by atoms with van der Waals surface area (Å²) in [6, 6.07) is 7.18. The van der Waals surface area contributed by atoms with Gasteiger partial charge in [-0.1, -0.05) is 30.3 Å². The lowest BCUT2D eigenvalue weighted by atomic mass is 10.1. The van der Waals surface area contributed by atoms with Crippen LogP contribution < -0.4 is 5.32 Å². The first-order valence-electron chi connectivity index (χ1n) is 8.47. The van der Waals surface area contributed by atoms with E-state index in [9.17, 15) is 19.5 Å². The summed E-state index contributed by atoms with van der Waals surface area (Å²) in [5.41, 5.74) is 0.799. The Hall–Kier alpha value is -2.61. The Kier molecular flexibility index (Phi) is 6.97. The number of hydrogen-bond acceptors (Lipinski definition) is 6. The summed E-state index contributed by atoms with van der Waals surface area (Å²) >= 11 is 0. The average molecular weight is 364 g/mol. The number of rotatable bonds is 6. The zero-order valence-electron chi connectivity index (χ0n) is 14.9. The molecule has 0 saturated carbocycles. The molecule has 0 aromatic heterocycles. The molecule has 26 heavy (non-hydrogen) atoms. The van der Waals surface area contributed by atoms with Gasteiger partial charge in [0, 0.05) is 6.54 Å². The number of nitrogens with zero attached hydrogens (tertiary/aromatic N) is 1. The van der Waals surface area contributed by atoms with Crippen LogP contribution in [0.15, 0.2) is 30.3 Å². The van der Waals surface area contributed by atoms with Gasteiger partial charge in [-0.15, -0.1) is 0 Å². The van der Waals surface area contributed by atoms with Crippen LogP contribution in [-0.2, 0) is 25.7 Å². The molecule has 2 amide bonds. The molecule has 8 heteroatoms. The fourth-order valence-corrected chi connectivity index (χ4v) is 2.87. The van der Waals surface area contributed by atoms with Crippen LogP contribution in [0.3, 0.4) is 0 Å². The van der Waals surface area contributed by atoms with Gasteiger partial charge < -0.3 is 24.8 Å². The fourth-order valence-electron chi connectivity index (χ4n) is 2.87. The van der Waals surface area contributed by atoms with Gasteiger partial charge in [-0.3, -0.25) is 4.79 Å². The second kappa shape index (κ2) is 9.19. The number of aliphatic hydroxyl groups is 1. The van der Waals surface area contributed by atoms with E-state index in [2.05, 4.69) is 5.32 Å². The van der Waals surface area contributed by atoms with E-state index in [-0.39, 0.29) is 6.61 Å². The van der Waals surface area contributed by atoms with Gasteiger partial charge >= 0.3 is 12.1 Å². The number of nitrogens with one attached hydrogen (secondary N) is 1. The summed E-state index contributed by atoms with van der Waals surface area (Å²) in [5, 5.41) is 12.3. The Bertz CT molecular complexity index is 634.